The van der Waals surface area contributed by atoms with Crippen LogP contribution in [-0.4, -0.2) is 32.5 Å². The number of hydrogen-bond donors (Lipinski definition) is 2. The fraction of sp³-hybridized carbons (Fsp3) is 0.583. The third-order valence-electron chi connectivity index (χ3n) is 3.10. The second-order valence-electron chi connectivity index (χ2n) is 4.35. The Labute approximate surface area is 114 Å². The number of pyridine rings is 1. The second-order valence-corrected chi connectivity index (χ2v) is 5.91. The Balaban J connectivity index is 3.04. The van der Waals surface area contributed by atoms with E-state index >= 15 is 0 Å². The topological polar surface area (TPSA) is 102 Å². The zero-order valence-corrected chi connectivity index (χ0v) is 12.2. The van der Waals surface area contributed by atoms with Gasteiger partial charge in [0.05, 0.1) is 0 Å². The minimum absolute atomic E-state index is 0.0218. The lowest BCUT2D eigenvalue weighted by molar-refractivity contribution is 0.553. The Kier molecular flexibility index (Phi) is 5.71. The molecule has 0 saturated heterocycles. The summed E-state index contributed by atoms with van der Waals surface area (Å²) in [5, 5.41) is 5.05. The first-order chi connectivity index (χ1) is 8.93. The van der Waals surface area contributed by atoms with Crippen LogP contribution in [0.4, 0.5) is 5.82 Å². The van der Waals surface area contributed by atoms with Gasteiger partial charge in [-0.05, 0) is 25.0 Å². The van der Waals surface area contributed by atoms with Gasteiger partial charge in [0.2, 0.25) is 10.0 Å². The molecule has 0 amide bonds. The first kappa shape index (κ1) is 15.9. The molecule has 0 fully saturated rings. The second kappa shape index (κ2) is 6.83. The van der Waals surface area contributed by atoms with E-state index in [1.807, 2.05) is 0 Å². The summed E-state index contributed by atoms with van der Waals surface area (Å²) in [5.74, 6) is 0.728. The Bertz CT molecular complexity index is 483. The molecule has 1 rings (SSSR count). The van der Waals surface area contributed by atoms with Crippen LogP contribution in [-0.2, 0) is 10.0 Å². The number of nitrogens with zero attached hydrogens (tertiary/aromatic N) is 2. The lowest BCUT2D eigenvalue weighted by Gasteiger charge is -2.31. The number of rotatable bonds is 7. The van der Waals surface area contributed by atoms with Gasteiger partial charge in [-0.2, -0.15) is 0 Å². The van der Waals surface area contributed by atoms with Crippen molar-refractivity contribution >= 4 is 15.8 Å². The average Bonchev–Trinajstić information content (AvgIpc) is 2.38. The molecule has 6 nitrogen and oxygen atoms in total. The van der Waals surface area contributed by atoms with Crippen LogP contribution in [0.3, 0.4) is 0 Å². The molecule has 108 valence electrons. The van der Waals surface area contributed by atoms with Crippen molar-refractivity contribution in [2.24, 2.45) is 10.9 Å². The van der Waals surface area contributed by atoms with Gasteiger partial charge in [0.15, 0.2) is 0 Å². The fourth-order valence-electron chi connectivity index (χ4n) is 2.06. The molecule has 0 aliphatic rings. The Morgan fingerprint density at radius 1 is 1.32 bits per heavy atom. The van der Waals surface area contributed by atoms with E-state index in [9.17, 15) is 8.42 Å². The quantitative estimate of drug-likeness (QED) is 0.767. The lowest BCUT2D eigenvalue weighted by atomic mass is 10.1. The SMILES string of the molecule is CCC(CC)N(CCN)c1ccc(S(N)(=O)=O)cn1. The third-order valence-corrected chi connectivity index (χ3v) is 4.00. The summed E-state index contributed by atoms with van der Waals surface area (Å²) < 4.78 is 22.4. The van der Waals surface area contributed by atoms with Crippen LogP contribution in [0.5, 0.6) is 0 Å². The highest BCUT2D eigenvalue weighted by Crippen LogP contribution is 2.19. The van der Waals surface area contributed by atoms with Crippen molar-refractivity contribution in [2.75, 3.05) is 18.0 Å². The van der Waals surface area contributed by atoms with Gasteiger partial charge < -0.3 is 10.6 Å². The zero-order chi connectivity index (χ0) is 14.5. The number of anilines is 1. The van der Waals surface area contributed by atoms with Crippen molar-refractivity contribution in [1.82, 2.24) is 4.98 Å². The number of primary sulfonamides is 1. The molecule has 0 radical (unpaired) electrons. The molecule has 0 aromatic carbocycles. The molecular weight excluding hydrogens is 264 g/mol. The number of nitrogens with two attached hydrogens (primary N) is 2. The molecule has 0 spiro atoms. The van der Waals surface area contributed by atoms with Crippen LogP contribution >= 0.6 is 0 Å². The van der Waals surface area contributed by atoms with Gasteiger partial charge in [-0.1, -0.05) is 13.8 Å². The van der Waals surface area contributed by atoms with E-state index in [4.69, 9.17) is 10.9 Å². The molecule has 4 N–H and O–H groups in total. The van der Waals surface area contributed by atoms with Gasteiger partial charge in [0, 0.05) is 25.3 Å². The minimum atomic E-state index is -3.69. The maximum absolute atomic E-state index is 11.2. The predicted octanol–water partition coefficient (Wildman–Crippen LogP) is 0.683. The third kappa shape index (κ3) is 4.15. The van der Waals surface area contributed by atoms with E-state index in [2.05, 4.69) is 23.7 Å². The van der Waals surface area contributed by atoms with Gasteiger partial charge in [0.25, 0.3) is 0 Å². The van der Waals surface area contributed by atoms with Crippen molar-refractivity contribution in [2.45, 2.75) is 37.6 Å². The summed E-state index contributed by atoms with van der Waals surface area (Å²) in [4.78, 5) is 6.32. The van der Waals surface area contributed by atoms with Crippen molar-refractivity contribution in [3.63, 3.8) is 0 Å². The van der Waals surface area contributed by atoms with Crippen LogP contribution in [0.15, 0.2) is 23.2 Å². The first-order valence-corrected chi connectivity index (χ1v) is 7.94. The molecule has 1 aromatic rings. The highest BCUT2D eigenvalue weighted by molar-refractivity contribution is 7.89. The normalized spacial score (nSPS) is 11.8. The fourth-order valence-corrected chi connectivity index (χ4v) is 2.52. The van der Waals surface area contributed by atoms with Gasteiger partial charge in [-0.3, -0.25) is 0 Å². The molecule has 1 aromatic heterocycles. The van der Waals surface area contributed by atoms with Gasteiger partial charge in [-0.15, -0.1) is 0 Å². The summed E-state index contributed by atoms with van der Waals surface area (Å²) in [6.45, 7) is 5.43. The van der Waals surface area contributed by atoms with Crippen molar-refractivity contribution in [1.29, 1.82) is 0 Å². The van der Waals surface area contributed by atoms with Crippen molar-refractivity contribution < 1.29 is 8.42 Å². The molecule has 0 bridgehead atoms. The maximum atomic E-state index is 11.2. The van der Waals surface area contributed by atoms with Crippen LogP contribution in [0.25, 0.3) is 0 Å². The summed E-state index contributed by atoms with van der Waals surface area (Å²) >= 11 is 0. The molecule has 19 heavy (non-hydrogen) atoms. The van der Waals surface area contributed by atoms with E-state index in [0.717, 1.165) is 18.7 Å². The molecule has 0 atom stereocenters. The van der Waals surface area contributed by atoms with Crippen molar-refractivity contribution in [3.05, 3.63) is 18.3 Å². The van der Waals surface area contributed by atoms with Gasteiger partial charge >= 0.3 is 0 Å². The average molecular weight is 286 g/mol. The monoisotopic (exact) mass is 286 g/mol. The molecule has 1 heterocycles. The van der Waals surface area contributed by atoms with Crippen LogP contribution in [0.2, 0.25) is 0 Å². The maximum Gasteiger partial charge on any atom is 0.239 e. The molecule has 7 heteroatoms. The predicted molar refractivity (Wildman–Crippen MR) is 76.4 cm³/mol. The largest absolute Gasteiger partial charge is 0.352 e. The lowest BCUT2D eigenvalue weighted by Crippen LogP contribution is -2.38. The summed E-state index contributed by atoms with van der Waals surface area (Å²) in [6, 6.07) is 3.49. The van der Waals surface area contributed by atoms with Gasteiger partial charge in [-0.25, -0.2) is 18.5 Å². The number of aromatic nitrogens is 1. The highest BCUT2D eigenvalue weighted by Gasteiger charge is 2.17. The Morgan fingerprint density at radius 2 is 1.95 bits per heavy atom. The van der Waals surface area contributed by atoms with E-state index in [0.29, 0.717) is 19.1 Å². The van der Waals surface area contributed by atoms with E-state index in [1.54, 1.807) is 6.07 Å². The van der Waals surface area contributed by atoms with E-state index in [1.165, 1.54) is 12.3 Å². The molecular formula is C12H22N4O2S. The first-order valence-electron chi connectivity index (χ1n) is 6.39. The standard InChI is InChI=1S/C12H22N4O2S/c1-3-10(4-2)16(8-7-13)12-6-5-11(9-15-12)19(14,17)18/h5-6,9-10H,3-4,7-8,13H2,1-2H3,(H2,14,17,18). The van der Waals surface area contributed by atoms with Crippen LogP contribution in [0, 0.1) is 0 Å². The minimum Gasteiger partial charge on any atom is -0.352 e. The van der Waals surface area contributed by atoms with E-state index < -0.39 is 10.0 Å². The highest BCUT2D eigenvalue weighted by atomic mass is 32.2. The molecule has 0 saturated carbocycles. The van der Waals surface area contributed by atoms with Gasteiger partial charge in [0.1, 0.15) is 10.7 Å². The van der Waals surface area contributed by atoms with Crippen LogP contribution in [0.1, 0.15) is 26.7 Å². The van der Waals surface area contributed by atoms with Crippen molar-refractivity contribution in [3.8, 4) is 0 Å². The number of hydrogen-bond acceptors (Lipinski definition) is 5. The summed E-state index contributed by atoms with van der Waals surface area (Å²) in [6.07, 6.45) is 3.25. The van der Waals surface area contributed by atoms with E-state index in [-0.39, 0.29) is 4.90 Å². The van der Waals surface area contributed by atoms with Crippen LogP contribution < -0.4 is 15.8 Å². The molecule has 0 aliphatic heterocycles. The summed E-state index contributed by atoms with van der Waals surface area (Å²) in [7, 11) is -3.69. The molecule has 0 aliphatic carbocycles. The molecule has 0 unspecified atom stereocenters. The smallest absolute Gasteiger partial charge is 0.239 e. The zero-order valence-electron chi connectivity index (χ0n) is 11.4. The Morgan fingerprint density at radius 3 is 2.32 bits per heavy atom. The Hall–Kier alpha value is -1.18. The number of sulfonamides is 1. The summed E-state index contributed by atoms with van der Waals surface area (Å²) in [5.41, 5.74) is 5.63.